The third-order valence-electron chi connectivity index (χ3n) is 12.6. The number of rotatable bonds is 7. The van der Waals surface area contributed by atoms with Gasteiger partial charge in [0.1, 0.15) is 17.2 Å². The molecule has 5 nitrogen and oxygen atoms in total. The number of aryl methyl sites for hydroxylation is 1. The van der Waals surface area contributed by atoms with Gasteiger partial charge < -0.3 is 8.98 Å². The highest BCUT2D eigenvalue weighted by atomic mass is 16.3. The Kier molecular flexibility index (Phi) is 9.03. The van der Waals surface area contributed by atoms with Gasteiger partial charge in [-0.15, -0.1) is 0 Å². The summed E-state index contributed by atoms with van der Waals surface area (Å²) in [4.78, 5) is 11.0. The van der Waals surface area contributed by atoms with E-state index in [9.17, 15) is 5.26 Å². The van der Waals surface area contributed by atoms with Crippen LogP contribution in [0.3, 0.4) is 0 Å². The Labute approximate surface area is 375 Å². The van der Waals surface area contributed by atoms with Crippen molar-refractivity contribution in [1.82, 2.24) is 14.5 Å². The molecular weight excluding hydrogens is 793 g/mol. The van der Waals surface area contributed by atoms with Crippen molar-refractivity contribution in [3.63, 3.8) is 0 Å². The molecule has 0 saturated heterocycles. The normalized spacial score (nSPS) is 11.4. The molecule has 0 atom stereocenters. The molecule has 0 amide bonds. The van der Waals surface area contributed by atoms with Gasteiger partial charge in [0, 0.05) is 43.8 Å². The topological polar surface area (TPSA) is 67.6 Å². The Morgan fingerprint density at radius 1 is 0.446 bits per heavy atom. The van der Waals surface area contributed by atoms with E-state index in [0.29, 0.717) is 22.8 Å². The van der Waals surface area contributed by atoms with Gasteiger partial charge in [0.25, 0.3) is 0 Å². The van der Waals surface area contributed by atoms with Gasteiger partial charge in [-0.05, 0) is 46.9 Å². The Morgan fingerprint density at radius 3 is 1.52 bits per heavy atom. The van der Waals surface area contributed by atoms with Crippen LogP contribution in [0.2, 0.25) is 0 Å². The largest absolute Gasteiger partial charge is 0.453 e. The molecular formula is C60H38N4O. The summed E-state index contributed by atoms with van der Waals surface area (Å²) in [6.07, 6.45) is 0. The second-order valence-electron chi connectivity index (χ2n) is 16.4. The molecule has 3 heterocycles. The number of benzene rings is 9. The van der Waals surface area contributed by atoms with E-state index in [-0.39, 0.29) is 0 Å². The van der Waals surface area contributed by atoms with Crippen molar-refractivity contribution in [3.05, 3.63) is 223 Å². The van der Waals surface area contributed by atoms with Crippen molar-refractivity contribution in [3.8, 4) is 79.0 Å². The van der Waals surface area contributed by atoms with E-state index in [1.807, 2.05) is 72.8 Å². The first-order chi connectivity index (χ1) is 32.2. The van der Waals surface area contributed by atoms with Crippen LogP contribution in [-0.4, -0.2) is 14.5 Å². The molecule has 0 aliphatic carbocycles. The summed E-state index contributed by atoms with van der Waals surface area (Å²) in [5.41, 5.74) is 15.8. The number of hydrogen-bond donors (Lipinski definition) is 0. The zero-order chi connectivity index (χ0) is 43.4. The van der Waals surface area contributed by atoms with Gasteiger partial charge in [-0.25, -0.2) is 9.97 Å². The minimum absolute atomic E-state index is 0.416. The van der Waals surface area contributed by atoms with Crippen molar-refractivity contribution in [2.24, 2.45) is 0 Å². The van der Waals surface area contributed by atoms with Crippen LogP contribution >= 0.6 is 0 Å². The summed E-state index contributed by atoms with van der Waals surface area (Å²) in [5.74, 6) is 0.499. The molecule has 65 heavy (non-hydrogen) atoms. The highest BCUT2D eigenvalue weighted by molar-refractivity contribution is 6.23. The zero-order valence-electron chi connectivity index (χ0n) is 35.4. The number of aromatic nitrogens is 3. The van der Waals surface area contributed by atoms with Crippen molar-refractivity contribution in [2.45, 2.75) is 6.92 Å². The predicted octanol–water partition coefficient (Wildman–Crippen LogP) is 15.7. The molecule has 3 aromatic heterocycles. The van der Waals surface area contributed by atoms with Crippen LogP contribution in [-0.2, 0) is 0 Å². The molecule has 0 bridgehead atoms. The number of furan rings is 1. The average Bonchev–Trinajstić information content (AvgIpc) is 3.93. The fraction of sp³-hybridized carbons (Fsp3) is 0.0167. The Bertz CT molecular complexity index is 3750. The number of fused-ring (bicyclic) bond motifs is 7. The van der Waals surface area contributed by atoms with Crippen molar-refractivity contribution < 1.29 is 4.42 Å². The van der Waals surface area contributed by atoms with Gasteiger partial charge in [0.05, 0.1) is 33.7 Å². The Hall–Kier alpha value is -8.85. The first-order valence-corrected chi connectivity index (χ1v) is 21.8. The third-order valence-corrected chi connectivity index (χ3v) is 12.6. The summed E-state index contributed by atoms with van der Waals surface area (Å²) in [5, 5.41) is 15.3. The Balaban J connectivity index is 1.31. The summed E-state index contributed by atoms with van der Waals surface area (Å²) in [6.45, 7) is 2.18. The van der Waals surface area contributed by atoms with Gasteiger partial charge in [0.2, 0.25) is 0 Å². The van der Waals surface area contributed by atoms with Gasteiger partial charge in [-0.1, -0.05) is 200 Å². The highest BCUT2D eigenvalue weighted by Gasteiger charge is 2.29. The van der Waals surface area contributed by atoms with E-state index in [1.54, 1.807) is 0 Å². The van der Waals surface area contributed by atoms with Crippen LogP contribution in [0, 0.1) is 18.3 Å². The van der Waals surface area contributed by atoms with Gasteiger partial charge in [-0.3, -0.25) is 0 Å². The molecule has 304 valence electrons. The van der Waals surface area contributed by atoms with Gasteiger partial charge in [-0.2, -0.15) is 5.26 Å². The SMILES string of the molecule is Cc1cccc2c1c1ccc3c4cccc(-c5ccccc5)c4oc3c1n2-c1c(-c2ccccc2)ccc(-c2ccccc2)c1-c1nc(-c2ccccc2)c(C#N)c(-c2ccccc2)n1. The predicted molar refractivity (Wildman–Crippen MR) is 266 cm³/mol. The first kappa shape index (κ1) is 37.9. The maximum Gasteiger partial charge on any atom is 0.163 e. The third kappa shape index (κ3) is 6.15. The van der Waals surface area contributed by atoms with E-state index in [0.717, 1.165) is 105 Å². The fourth-order valence-electron chi connectivity index (χ4n) is 9.71. The summed E-state index contributed by atoms with van der Waals surface area (Å²) in [7, 11) is 0. The molecule has 12 aromatic rings. The maximum atomic E-state index is 11.0. The zero-order valence-corrected chi connectivity index (χ0v) is 35.4. The fourth-order valence-corrected chi connectivity index (χ4v) is 9.71. The summed E-state index contributed by atoms with van der Waals surface area (Å²) in [6, 6.07) is 75.8. The number of nitrogens with zero attached hydrogens (tertiary/aromatic N) is 4. The molecule has 0 aliphatic heterocycles. The van der Waals surface area contributed by atoms with Crippen LogP contribution in [0.5, 0.6) is 0 Å². The number of para-hydroxylation sites is 1. The molecule has 12 rings (SSSR count). The Morgan fingerprint density at radius 2 is 0.938 bits per heavy atom. The molecule has 0 spiro atoms. The molecule has 0 fully saturated rings. The average molecular weight is 831 g/mol. The molecule has 0 N–H and O–H groups in total. The molecule has 9 aromatic carbocycles. The van der Waals surface area contributed by atoms with E-state index >= 15 is 0 Å². The van der Waals surface area contributed by atoms with Crippen molar-refractivity contribution in [1.29, 1.82) is 5.26 Å². The second-order valence-corrected chi connectivity index (χ2v) is 16.4. The lowest BCUT2D eigenvalue weighted by Gasteiger charge is -2.22. The standard InChI is InChI=1S/C60H38N4O/c1-38-19-17-32-51-52(38)49-36-35-48-47-31-18-30-46(41-24-11-4-12-25-41)58(47)65-59(48)57(49)64(51)56-45(40-22-9-3-10-23-40)34-33-44(39-20-7-2-8-21-39)53(56)60-62-54(42-26-13-5-14-27-42)50(37-61)55(63-60)43-28-15-6-16-29-43/h2-36H,1H3. The smallest absolute Gasteiger partial charge is 0.163 e. The van der Waals surface area contributed by atoms with Crippen LogP contribution < -0.4 is 0 Å². The minimum Gasteiger partial charge on any atom is -0.453 e. The number of nitriles is 1. The monoisotopic (exact) mass is 830 g/mol. The molecule has 0 saturated carbocycles. The van der Waals surface area contributed by atoms with E-state index in [2.05, 4.69) is 157 Å². The summed E-state index contributed by atoms with van der Waals surface area (Å²) >= 11 is 0. The van der Waals surface area contributed by atoms with E-state index in [4.69, 9.17) is 14.4 Å². The van der Waals surface area contributed by atoms with Crippen LogP contribution in [0.1, 0.15) is 11.1 Å². The van der Waals surface area contributed by atoms with Crippen LogP contribution in [0.4, 0.5) is 0 Å². The lowest BCUT2D eigenvalue weighted by atomic mass is 9.91. The second kappa shape index (κ2) is 15.5. The molecule has 5 heteroatoms. The van der Waals surface area contributed by atoms with Crippen LogP contribution in [0.15, 0.2) is 217 Å². The van der Waals surface area contributed by atoms with E-state index < -0.39 is 0 Å². The molecule has 0 radical (unpaired) electrons. The first-order valence-electron chi connectivity index (χ1n) is 21.8. The maximum absolute atomic E-state index is 11.0. The summed E-state index contributed by atoms with van der Waals surface area (Å²) < 4.78 is 9.69. The lowest BCUT2D eigenvalue weighted by molar-refractivity contribution is 0.672. The highest BCUT2D eigenvalue weighted by Crippen LogP contribution is 2.49. The van der Waals surface area contributed by atoms with E-state index in [1.165, 1.54) is 0 Å². The van der Waals surface area contributed by atoms with Crippen molar-refractivity contribution >= 4 is 43.7 Å². The molecule has 0 unspecified atom stereocenters. The lowest BCUT2D eigenvalue weighted by Crippen LogP contribution is -2.07. The van der Waals surface area contributed by atoms with Gasteiger partial charge in [0.15, 0.2) is 11.4 Å². The molecule has 0 aliphatic rings. The minimum atomic E-state index is 0.416. The van der Waals surface area contributed by atoms with Gasteiger partial charge >= 0.3 is 0 Å². The van der Waals surface area contributed by atoms with Crippen molar-refractivity contribution in [2.75, 3.05) is 0 Å². The quantitative estimate of drug-likeness (QED) is 0.160. The van der Waals surface area contributed by atoms with Crippen LogP contribution in [0.25, 0.3) is 117 Å². The number of hydrogen-bond acceptors (Lipinski definition) is 4.